The highest BCUT2D eigenvalue weighted by atomic mass is 35.5. The van der Waals surface area contributed by atoms with E-state index in [0.717, 1.165) is 22.0 Å². The number of para-hydroxylation sites is 1. The summed E-state index contributed by atoms with van der Waals surface area (Å²) in [6, 6.07) is 9.89. The molecule has 1 N–H and O–H groups in total. The Morgan fingerprint density at radius 1 is 1.16 bits per heavy atom. The number of pyridine rings is 1. The van der Waals surface area contributed by atoms with Gasteiger partial charge in [-0.05, 0) is 23.1 Å². The van der Waals surface area contributed by atoms with Crippen molar-refractivity contribution in [1.82, 2.24) is 9.55 Å². The fourth-order valence-electron chi connectivity index (χ4n) is 2.32. The SMILES string of the molecule is OCc1cccc2ccn(Cc3ccncc3Cl)c12. The number of halogens is 1. The number of benzene rings is 1. The fraction of sp³-hybridized carbons (Fsp3) is 0.133. The van der Waals surface area contributed by atoms with Crippen LogP contribution >= 0.6 is 11.6 Å². The van der Waals surface area contributed by atoms with Gasteiger partial charge in [0, 0.05) is 30.7 Å². The lowest BCUT2D eigenvalue weighted by Gasteiger charge is -2.09. The molecule has 0 aliphatic carbocycles. The molecule has 19 heavy (non-hydrogen) atoms. The van der Waals surface area contributed by atoms with Gasteiger partial charge in [-0.15, -0.1) is 0 Å². The molecule has 0 amide bonds. The second-order valence-electron chi connectivity index (χ2n) is 4.42. The van der Waals surface area contributed by atoms with Gasteiger partial charge in [0.2, 0.25) is 0 Å². The lowest BCUT2D eigenvalue weighted by atomic mass is 10.1. The predicted molar refractivity (Wildman–Crippen MR) is 76.2 cm³/mol. The third-order valence-electron chi connectivity index (χ3n) is 3.24. The number of rotatable bonds is 3. The first kappa shape index (κ1) is 12.2. The summed E-state index contributed by atoms with van der Waals surface area (Å²) in [5.41, 5.74) is 2.99. The van der Waals surface area contributed by atoms with Crippen LogP contribution in [-0.4, -0.2) is 14.7 Å². The first-order valence-electron chi connectivity index (χ1n) is 6.05. The van der Waals surface area contributed by atoms with E-state index in [2.05, 4.69) is 9.55 Å². The molecule has 3 aromatic rings. The van der Waals surface area contributed by atoms with Crippen molar-refractivity contribution < 1.29 is 5.11 Å². The van der Waals surface area contributed by atoms with Gasteiger partial charge < -0.3 is 9.67 Å². The van der Waals surface area contributed by atoms with E-state index < -0.39 is 0 Å². The van der Waals surface area contributed by atoms with Gasteiger partial charge in [-0.2, -0.15) is 0 Å². The molecule has 0 bridgehead atoms. The van der Waals surface area contributed by atoms with Gasteiger partial charge in [0.15, 0.2) is 0 Å². The number of aliphatic hydroxyl groups is 1. The summed E-state index contributed by atoms with van der Waals surface area (Å²) in [7, 11) is 0. The summed E-state index contributed by atoms with van der Waals surface area (Å²) in [5.74, 6) is 0. The standard InChI is InChI=1S/C15H13ClN2O/c16-14-8-17-6-4-12(14)9-18-7-5-11-2-1-3-13(10-19)15(11)18/h1-8,19H,9-10H2. The van der Waals surface area contributed by atoms with Gasteiger partial charge in [0.25, 0.3) is 0 Å². The third-order valence-corrected chi connectivity index (χ3v) is 3.58. The molecule has 3 nitrogen and oxygen atoms in total. The van der Waals surface area contributed by atoms with E-state index in [1.807, 2.05) is 36.5 Å². The van der Waals surface area contributed by atoms with Gasteiger partial charge in [0.1, 0.15) is 0 Å². The third kappa shape index (κ3) is 2.23. The number of aliphatic hydroxyl groups excluding tert-OH is 1. The number of aromatic nitrogens is 2. The van der Waals surface area contributed by atoms with E-state index in [9.17, 15) is 5.11 Å². The summed E-state index contributed by atoms with van der Waals surface area (Å²) in [6.45, 7) is 0.702. The van der Waals surface area contributed by atoms with Crippen LogP contribution in [0.1, 0.15) is 11.1 Å². The van der Waals surface area contributed by atoms with Crippen molar-refractivity contribution in [2.24, 2.45) is 0 Å². The second-order valence-corrected chi connectivity index (χ2v) is 4.83. The first-order valence-corrected chi connectivity index (χ1v) is 6.43. The topological polar surface area (TPSA) is 38.0 Å². The molecule has 0 saturated carbocycles. The van der Waals surface area contributed by atoms with Crippen LogP contribution in [0.3, 0.4) is 0 Å². The molecule has 0 spiro atoms. The normalized spacial score (nSPS) is 11.1. The van der Waals surface area contributed by atoms with Crippen LogP contribution < -0.4 is 0 Å². The molecule has 1 aromatic carbocycles. The molecule has 0 saturated heterocycles. The summed E-state index contributed by atoms with van der Waals surface area (Å²) in [6.07, 6.45) is 5.40. The Morgan fingerprint density at radius 3 is 2.84 bits per heavy atom. The van der Waals surface area contributed by atoms with Crippen LogP contribution in [0, 0.1) is 0 Å². The molecule has 0 radical (unpaired) electrons. The molecule has 2 aromatic heterocycles. The quantitative estimate of drug-likeness (QED) is 0.795. The Morgan fingerprint density at radius 2 is 2.05 bits per heavy atom. The highest BCUT2D eigenvalue weighted by molar-refractivity contribution is 6.31. The van der Waals surface area contributed by atoms with Crippen molar-refractivity contribution in [3.63, 3.8) is 0 Å². The largest absolute Gasteiger partial charge is 0.392 e. The van der Waals surface area contributed by atoms with Gasteiger partial charge >= 0.3 is 0 Å². The van der Waals surface area contributed by atoms with Crippen LogP contribution in [0.5, 0.6) is 0 Å². The minimum absolute atomic E-state index is 0.0332. The minimum Gasteiger partial charge on any atom is -0.392 e. The molecular weight excluding hydrogens is 260 g/mol. The van der Waals surface area contributed by atoms with Crippen molar-refractivity contribution in [3.8, 4) is 0 Å². The summed E-state index contributed by atoms with van der Waals surface area (Å²) in [5, 5.41) is 11.2. The Balaban J connectivity index is 2.09. The van der Waals surface area contributed by atoms with Gasteiger partial charge in [-0.25, -0.2) is 0 Å². The van der Waals surface area contributed by atoms with Crippen LogP contribution in [0.25, 0.3) is 10.9 Å². The molecular formula is C15H13ClN2O. The molecule has 2 heterocycles. The second kappa shape index (κ2) is 5.03. The van der Waals surface area contributed by atoms with E-state index in [-0.39, 0.29) is 6.61 Å². The van der Waals surface area contributed by atoms with E-state index >= 15 is 0 Å². The predicted octanol–water partition coefficient (Wildman–Crippen LogP) is 3.23. The van der Waals surface area contributed by atoms with E-state index in [4.69, 9.17) is 11.6 Å². The van der Waals surface area contributed by atoms with Gasteiger partial charge in [0.05, 0.1) is 17.1 Å². The Bertz CT molecular complexity index is 721. The molecule has 0 fully saturated rings. The average Bonchev–Trinajstić information content (AvgIpc) is 2.85. The summed E-state index contributed by atoms with van der Waals surface area (Å²) < 4.78 is 2.10. The Kier molecular flexibility index (Phi) is 3.23. The van der Waals surface area contributed by atoms with E-state index in [0.29, 0.717) is 11.6 Å². The Hall–Kier alpha value is -1.84. The maximum atomic E-state index is 9.45. The average molecular weight is 273 g/mol. The lowest BCUT2D eigenvalue weighted by molar-refractivity contribution is 0.283. The number of hydrogen-bond donors (Lipinski definition) is 1. The Labute approximate surface area is 116 Å². The number of nitrogens with zero attached hydrogens (tertiary/aromatic N) is 2. The number of fused-ring (bicyclic) bond motifs is 1. The molecule has 3 rings (SSSR count). The molecule has 96 valence electrons. The zero-order chi connectivity index (χ0) is 13.2. The van der Waals surface area contributed by atoms with Crippen LogP contribution in [0.15, 0.2) is 48.9 Å². The molecule has 0 aliphatic rings. The molecule has 0 unspecified atom stereocenters. The van der Waals surface area contributed by atoms with Gasteiger partial charge in [-0.1, -0.05) is 29.8 Å². The van der Waals surface area contributed by atoms with Crippen molar-refractivity contribution in [1.29, 1.82) is 0 Å². The van der Waals surface area contributed by atoms with E-state index in [1.54, 1.807) is 12.4 Å². The maximum Gasteiger partial charge on any atom is 0.0702 e. The monoisotopic (exact) mass is 272 g/mol. The van der Waals surface area contributed by atoms with Crippen molar-refractivity contribution in [2.75, 3.05) is 0 Å². The van der Waals surface area contributed by atoms with E-state index in [1.165, 1.54) is 0 Å². The van der Waals surface area contributed by atoms with Crippen molar-refractivity contribution in [3.05, 3.63) is 65.1 Å². The first-order chi connectivity index (χ1) is 9.29. The van der Waals surface area contributed by atoms with Crippen molar-refractivity contribution in [2.45, 2.75) is 13.2 Å². The van der Waals surface area contributed by atoms with Crippen LogP contribution in [0.2, 0.25) is 5.02 Å². The smallest absolute Gasteiger partial charge is 0.0702 e. The molecule has 0 aliphatic heterocycles. The fourth-order valence-corrected chi connectivity index (χ4v) is 2.49. The summed E-state index contributed by atoms with van der Waals surface area (Å²) in [4.78, 5) is 3.99. The highest BCUT2D eigenvalue weighted by Crippen LogP contribution is 2.23. The number of hydrogen-bond acceptors (Lipinski definition) is 2. The molecule has 4 heteroatoms. The summed E-state index contributed by atoms with van der Waals surface area (Å²) >= 11 is 6.14. The van der Waals surface area contributed by atoms with Crippen molar-refractivity contribution >= 4 is 22.5 Å². The lowest BCUT2D eigenvalue weighted by Crippen LogP contribution is -2.01. The zero-order valence-electron chi connectivity index (χ0n) is 10.3. The maximum absolute atomic E-state index is 9.45. The highest BCUT2D eigenvalue weighted by Gasteiger charge is 2.07. The molecule has 0 atom stereocenters. The van der Waals surface area contributed by atoms with Gasteiger partial charge in [-0.3, -0.25) is 4.98 Å². The zero-order valence-corrected chi connectivity index (χ0v) is 11.0. The van der Waals surface area contributed by atoms with Crippen LogP contribution in [-0.2, 0) is 13.2 Å². The minimum atomic E-state index is 0.0332. The van der Waals surface area contributed by atoms with Crippen LogP contribution in [0.4, 0.5) is 0 Å².